The molecule has 0 aliphatic rings. The van der Waals surface area contributed by atoms with Crippen molar-refractivity contribution in [1.29, 1.82) is 5.26 Å². The van der Waals surface area contributed by atoms with E-state index in [-0.39, 0.29) is 20.0 Å². The van der Waals surface area contributed by atoms with Gasteiger partial charge in [-0.2, -0.15) is 5.26 Å². The number of rotatable bonds is 1. The van der Waals surface area contributed by atoms with E-state index in [9.17, 15) is 8.42 Å². The average molecular weight is 315 g/mol. The van der Waals surface area contributed by atoms with E-state index in [0.717, 1.165) is 0 Å². The minimum atomic E-state index is -3.95. The summed E-state index contributed by atoms with van der Waals surface area (Å²) < 4.78 is 22.3. The minimum absolute atomic E-state index is 0.0839. The minimum Gasteiger partial charge on any atom is -0.207 e. The van der Waals surface area contributed by atoms with Crippen LogP contribution in [0, 0.1) is 11.3 Å². The highest BCUT2D eigenvalue weighted by atomic mass is 79.9. The van der Waals surface area contributed by atoms with Crippen LogP contribution in [0.1, 0.15) is 5.56 Å². The van der Waals surface area contributed by atoms with Crippen molar-refractivity contribution >= 4 is 47.3 Å². The summed E-state index contributed by atoms with van der Waals surface area (Å²) in [6, 6.07) is 4.30. The van der Waals surface area contributed by atoms with E-state index in [1.165, 1.54) is 12.1 Å². The van der Waals surface area contributed by atoms with Crippen molar-refractivity contribution in [2.75, 3.05) is 0 Å². The van der Waals surface area contributed by atoms with Crippen LogP contribution in [0.5, 0.6) is 0 Å². The second-order valence-electron chi connectivity index (χ2n) is 2.31. The third-order valence-corrected chi connectivity index (χ3v) is 3.87. The molecule has 0 saturated heterocycles. The lowest BCUT2D eigenvalue weighted by Crippen LogP contribution is -1.96. The maximum atomic E-state index is 11.1. The van der Waals surface area contributed by atoms with Gasteiger partial charge >= 0.3 is 0 Å². The molecule has 0 heterocycles. The Kier molecular flexibility index (Phi) is 3.43. The van der Waals surface area contributed by atoms with Crippen molar-refractivity contribution in [3.8, 4) is 6.07 Å². The van der Waals surface area contributed by atoms with Crippen LogP contribution in [0.25, 0.3) is 0 Å². The van der Waals surface area contributed by atoms with Crippen molar-refractivity contribution in [3.63, 3.8) is 0 Å². The van der Waals surface area contributed by atoms with Gasteiger partial charge < -0.3 is 0 Å². The van der Waals surface area contributed by atoms with Gasteiger partial charge in [-0.15, -0.1) is 0 Å². The molecule has 0 N–H and O–H groups in total. The predicted molar refractivity (Wildman–Crippen MR) is 56.9 cm³/mol. The maximum Gasteiger partial charge on any atom is 0.263 e. The highest BCUT2D eigenvalue weighted by Crippen LogP contribution is 2.31. The average Bonchev–Trinajstić information content (AvgIpc) is 1.99. The summed E-state index contributed by atoms with van der Waals surface area (Å²) in [6.07, 6.45) is 0. The standard InChI is InChI=1S/C7H2BrCl2NO2S/c8-6-2-5(9)1-4(3-11)7(6)14(10,12)13/h1-2H. The first-order valence-electron chi connectivity index (χ1n) is 3.20. The number of halogens is 3. The number of nitrogens with zero attached hydrogens (tertiary/aromatic N) is 1. The monoisotopic (exact) mass is 313 g/mol. The van der Waals surface area contributed by atoms with Crippen LogP contribution in [0.3, 0.4) is 0 Å². The van der Waals surface area contributed by atoms with E-state index >= 15 is 0 Å². The Morgan fingerprint density at radius 1 is 1.43 bits per heavy atom. The molecule has 14 heavy (non-hydrogen) atoms. The van der Waals surface area contributed by atoms with Crippen LogP contribution in [-0.2, 0) is 9.05 Å². The van der Waals surface area contributed by atoms with Gasteiger partial charge in [0.25, 0.3) is 9.05 Å². The first kappa shape index (κ1) is 11.8. The Bertz CT molecular complexity index is 521. The van der Waals surface area contributed by atoms with Gasteiger partial charge in [0, 0.05) is 20.2 Å². The molecule has 0 atom stereocenters. The summed E-state index contributed by atoms with van der Waals surface area (Å²) in [5.74, 6) is 0. The zero-order valence-electron chi connectivity index (χ0n) is 6.46. The van der Waals surface area contributed by atoms with Gasteiger partial charge in [-0.1, -0.05) is 11.6 Å². The summed E-state index contributed by atoms with van der Waals surface area (Å²) >= 11 is 8.61. The number of benzene rings is 1. The molecule has 0 amide bonds. The predicted octanol–water partition coefficient (Wildman–Crippen LogP) is 2.90. The van der Waals surface area contributed by atoms with E-state index in [1.807, 2.05) is 0 Å². The van der Waals surface area contributed by atoms with E-state index in [2.05, 4.69) is 15.9 Å². The van der Waals surface area contributed by atoms with E-state index in [4.69, 9.17) is 27.5 Å². The lowest BCUT2D eigenvalue weighted by molar-refractivity contribution is 0.609. The molecule has 0 bridgehead atoms. The number of hydrogen-bond donors (Lipinski definition) is 0. The van der Waals surface area contributed by atoms with Gasteiger partial charge in [-0.3, -0.25) is 0 Å². The fourth-order valence-electron chi connectivity index (χ4n) is 0.891. The molecule has 0 aromatic heterocycles. The summed E-state index contributed by atoms with van der Waals surface area (Å²) in [5.41, 5.74) is -0.0839. The first-order chi connectivity index (χ1) is 6.36. The fraction of sp³-hybridized carbons (Fsp3) is 0. The van der Waals surface area contributed by atoms with Gasteiger partial charge in [0.2, 0.25) is 0 Å². The van der Waals surface area contributed by atoms with Crippen molar-refractivity contribution in [2.45, 2.75) is 4.90 Å². The smallest absolute Gasteiger partial charge is 0.207 e. The Balaban J connectivity index is 3.68. The molecule has 1 aromatic rings. The highest BCUT2D eigenvalue weighted by molar-refractivity contribution is 9.10. The molecular formula is C7H2BrCl2NO2S. The van der Waals surface area contributed by atoms with Gasteiger partial charge in [0.05, 0.1) is 5.56 Å². The summed E-state index contributed by atoms with van der Waals surface area (Å²) in [7, 11) is 1.20. The second kappa shape index (κ2) is 4.07. The Hall–Kier alpha value is -0.280. The van der Waals surface area contributed by atoms with Gasteiger partial charge in [-0.05, 0) is 28.1 Å². The summed E-state index contributed by atoms with van der Waals surface area (Å²) in [5, 5.41) is 8.94. The third-order valence-electron chi connectivity index (χ3n) is 1.37. The normalized spacial score (nSPS) is 11.0. The van der Waals surface area contributed by atoms with Crippen molar-refractivity contribution < 1.29 is 8.42 Å². The molecular weight excluding hydrogens is 313 g/mol. The fourth-order valence-corrected chi connectivity index (χ4v) is 3.78. The van der Waals surface area contributed by atoms with Gasteiger partial charge in [-0.25, -0.2) is 8.42 Å². The molecule has 0 fully saturated rings. The van der Waals surface area contributed by atoms with Gasteiger partial charge in [0.1, 0.15) is 11.0 Å². The van der Waals surface area contributed by atoms with E-state index in [0.29, 0.717) is 0 Å². The Morgan fingerprint density at radius 3 is 2.43 bits per heavy atom. The highest BCUT2D eigenvalue weighted by Gasteiger charge is 2.20. The van der Waals surface area contributed by atoms with Gasteiger partial charge in [0.15, 0.2) is 0 Å². The molecule has 74 valence electrons. The quantitative estimate of drug-likeness (QED) is 0.749. The maximum absolute atomic E-state index is 11.1. The van der Waals surface area contributed by atoms with Crippen LogP contribution in [0.4, 0.5) is 0 Å². The molecule has 0 spiro atoms. The summed E-state index contributed by atoms with van der Waals surface area (Å²) in [4.78, 5) is -0.258. The molecule has 0 unspecified atom stereocenters. The topological polar surface area (TPSA) is 57.9 Å². The molecule has 1 aromatic carbocycles. The van der Waals surface area contributed by atoms with Crippen molar-refractivity contribution in [3.05, 3.63) is 27.2 Å². The number of nitriles is 1. The Morgan fingerprint density at radius 2 is 2.00 bits per heavy atom. The summed E-state index contributed by atoms with van der Waals surface area (Å²) in [6.45, 7) is 0. The molecule has 0 radical (unpaired) electrons. The van der Waals surface area contributed by atoms with Crippen LogP contribution in [0.2, 0.25) is 5.02 Å². The zero-order valence-corrected chi connectivity index (χ0v) is 10.4. The molecule has 0 saturated carbocycles. The van der Waals surface area contributed by atoms with Crippen LogP contribution in [-0.4, -0.2) is 8.42 Å². The lowest BCUT2D eigenvalue weighted by atomic mass is 10.2. The van der Waals surface area contributed by atoms with E-state index < -0.39 is 9.05 Å². The molecule has 7 heteroatoms. The first-order valence-corrected chi connectivity index (χ1v) is 6.68. The zero-order chi connectivity index (χ0) is 10.9. The largest absolute Gasteiger partial charge is 0.263 e. The third kappa shape index (κ3) is 2.39. The molecule has 1 rings (SSSR count). The van der Waals surface area contributed by atoms with Crippen molar-refractivity contribution in [2.24, 2.45) is 0 Å². The van der Waals surface area contributed by atoms with Crippen LogP contribution in [0.15, 0.2) is 21.5 Å². The van der Waals surface area contributed by atoms with Crippen LogP contribution < -0.4 is 0 Å². The van der Waals surface area contributed by atoms with Crippen molar-refractivity contribution in [1.82, 2.24) is 0 Å². The lowest BCUT2D eigenvalue weighted by Gasteiger charge is -2.03. The SMILES string of the molecule is N#Cc1cc(Cl)cc(Br)c1S(=O)(=O)Cl. The molecule has 3 nitrogen and oxygen atoms in total. The second-order valence-corrected chi connectivity index (χ2v) is 6.11. The number of hydrogen-bond acceptors (Lipinski definition) is 3. The molecule has 0 aliphatic heterocycles. The molecule has 0 aliphatic carbocycles. The Labute approximate surface area is 98.8 Å². The van der Waals surface area contributed by atoms with Crippen LogP contribution >= 0.6 is 38.2 Å². The van der Waals surface area contributed by atoms with E-state index in [1.54, 1.807) is 6.07 Å².